The number of ether oxygens (including phenoxy) is 1. The summed E-state index contributed by atoms with van der Waals surface area (Å²) < 4.78 is 39.3. The van der Waals surface area contributed by atoms with Gasteiger partial charge < -0.3 is 29.7 Å². The van der Waals surface area contributed by atoms with Crippen LogP contribution in [0.25, 0.3) is 22.2 Å². The zero-order chi connectivity index (χ0) is 35.1. The van der Waals surface area contributed by atoms with E-state index < -0.39 is 10.1 Å². The quantitative estimate of drug-likeness (QED) is 0.0952. The van der Waals surface area contributed by atoms with Gasteiger partial charge in [0.2, 0.25) is 11.9 Å². The van der Waals surface area contributed by atoms with Gasteiger partial charge in [-0.25, -0.2) is 9.97 Å². The Balaban J connectivity index is 1.42. The fraction of sp³-hybridized carbons (Fsp3) is 0.229. The zero-order valence-electron chi connectivity index (χ0n) is 27.7. The van der Waals surface area contributed by atoms with Gasteiger partial charge in [-0.2, -0.15) is 8.42 Å². The molecule has 2 N–H and O–H groups in total. The van der Waals surface area contributed by atoms with Crippen molar-refractivity contribution in [2.24, 2.45) is 0 Å². The van der Waals surface area contributed by atoms with E-state index in [0.717, 1.165) is 33.2 Å². The fourth-order valence-electron chi connectivity index (χ4n) is 5.15. The van der Waals surface area contributed by atoms with Crippen molar-refractivity contribution in [3.63, 3.8) is 0 Å². The number of likely N-dealkylation sites (N-methyl/N-ethyl adjacent to an activating group) is 2. The predicted molar refractivity (Wildman–Crippen MR) is 197 cm³/mol. The lowest BCUT2D eigenvalue weighted by Crippen LogP contribution is -2.29. The van der Waals surface area contributed by atoms with Crippen molar-refractivity contribution in [3.8, 4) is 17.0 Å². The number of hydrogen-bond acceptors (Lipinski definition) is 10. The summed E-state index contributed by atoms with van der Waals surface area (Å²) in [4.78, 5) is 25.9. The largest absolute Gasteiger partial charge is 0.494 e. The number of hydrogen-bond donors (Lipinski definition) is 2. The fourth-order valence-corrected chi connectivity index (χ4v) is 6.31. The molecule has 0 spiro atoms. The summed E-state index contributed by atoms with van der Waals surface area (Å²) in [7, 11) is 3.61. The molecule has 0 aliphatic carbocycles. The maximum atomic E-state index is 12.7. The van der Waals surface area contributed by atoms with E-state index in [1.54, 1.807) is 31.5 Å². The average molecular weight is 749 g/mol. The number of nitrogens with one attached hydrogen (secondary N) is 2. The highest BCUT2D eigenvalue weighted by Gasteiger charge is 2.19. The van der Waals surface area contributed by atoms with E-state index in [0.29, 0.717) is 35.3 Å². The normalized spacial score (nSPS) is 11.5. The second-order valence-corrected chi connectivity index (χ2v) is 13.9. The minimum absolute atomic E-state index is 0.0576. The molecule has 12 nitrogen and oxygen atoms in total. The number of benzene rings is 3. The smallest absolute Gasteiger partial charge is 0.297 e. The molecule has 256 valence electrons. The molecule has 5 aromatic rings. The molecule has 5 rings (SSSR count). The van der Waals surface area contributed by atoms with Gasteiger partial charge in [-0.1, -0.05) is 40.7 Å². The van der Waals surface area contributed by atoms with Gasteiger partial charge in [-0.3, -0.25) is 8.98 Å². The van der Waals surface area contributed by atoms with Gasteiger partial charge in [-0.15, -0.1) is 0 Å². The topological polar surface area (TPSA) is 131 Å². The Labute approximate surface area is 294 Å². The first-order valence-electron chi connectivity index (χ1n) is 15.3. The number of amides is 1. The number of para-hydroxylation sites is 1. The second-order valence-electron chi connectivity index (χ2n) is 11.4. The molecule has 2 heterocycles. The lowest BCUT2D eigenvalue weighted by molar-refractivity contribution is -0.111. The van der Waals surface area contributed by atoms with Crippen LogP contribution in [0.2, 0.25) is 0 Å². The van der Waals surface area contributed by atoms with E-state index in [1.807, 2.05) is 73.2 Å². The van der Waals surface area contributed by atoms with E-state index >= 15 is 0 Å². The predicted octanol–water partition coefficient (Wildman–Crippen LogP) is 6.14. The monoisotopic (exact) mass is 747 g/mol. The maximum absolute atomic E-state index is 12.7. The van der Waals surface area contributed by atoms with Crippen LogP contribution in [0.4, 0.5) is 23.0 Å². The first kappa shape index (κ1) is 35.5. The van der Waals surface area contributed by atoms with Gasteiger partial charge in [0.25, 0.3) is 10.1 Å². The van der Waals surface area contributed by atoms with Gasteiger partial charge in [0, 0.05) is 66.1 Å². The molecule has 0 fully saturated rings. The Bertz CT molecular complexity index is 2070. The third kappa shape index (κ3) is 8.64. The van der Waals surface area contributed by atoms with E-state index in [9.17, 15) is 13.2 Å². The molecule has 0 bridgehead atoms. The third-order valence-electron chi connectivity index (χ3n) is 7.69. The Morgan fingerprint density at radius 1 is 1.04 bits per heavy atom. The first-order chi connectivity index (χ1) is 23.5. The van der Waals surface area contributed by atoms with Crippen LogP contribution in [0, 0.1) is 0 Å². The Morgan fingerprint density at radius 3 is 2.51 bits per heavy atom. The second kappa shape index (κ2) is 15.6. The molecular formula is C35H38BrN7O5S. The minimum Gasteiger partial charge on any atom is -0.494 e. The average Bonchev–Trinajstić information content (AvgIpc) is 3.46. The maximum Gasteiger partial charge on any atom is 0.297 e. The standard InChI is InChI=1S/C35H38BrN7O5S/c1-6-34(44)38-29-21-30(33(47-5)22-32(29)42(4)18-17-41(2)3)40-35-37-16-15-28(39-35)27-23-43(31-10-8-7-9-26(27)31)19-20-48-49(45,46)25-13-11-24(36)12-14-25/h6-16,21-23H,1,17-20H2,2-5H3,(H,38,44)(H,37,39,40). The summed E-state index contributed by atoms with van der Waals surface area (Å²) >= 11 is 3.32. The molecule has 2 aromatic heterocycles. The van der Waals surface area contributed by atoms with E-state index in [4.69, 9.17) is 13.9 Å². The molecule has 3 aromatic carbocycles. The van der Waals surface area contributed by atoms with Gasteiger partial charge in [0.05, 0.1) is 41.4 Å². The number of rotatable bonds is 15. The molecule has 49 heavy (non-hydrogen) atoms. The lowest BCUT2D eigenvalue weighted by atomic mass is 10.1. The van der Waals surface area contributed by atoms with E-state index in [1.165, 1.54) is 18.2 Å². The molecule has 0 radical (unpaired) electrons. The summed E-state index contributed by atoms with van der Waals surface area (Å²) in [6.45, 7) is 5.34. The van der Waals surface area contributed by atoms with Crippen molar-refractivity contribution in [2.45, 2.75) is 11.4 Å². The number of fused-ring (bicyclic) bond motifs is 1. The SMILES string of the molecule is C=CC(=O)Nc1cc(Nc2nccc(-c3cn(CCOS(=O)(=O)c4ccc(Br)cc4)c4ccccc34)n2)c(OC)cc1N(C)CCN(C)C. The summed E-state index contributed by atoms with van der Waals surface area (Å²) in [5, 5.41) is 7.09. The van der Waals surface area contributed by atoms with Gasteiger partial charge in [0.1, 0.15) is 5.75 Å². The number of nitrogens with zero attached hydrogens (tertiary/aromatic N) is 5. The van der Waals surface area contributed by atoms with Crippen molar-refractivity contribution in [3.05, 3.63) is 96.3 Å². The number of methoxy groups -OCH3 is 1. The number of carbonyl (C=O) groups excluding carboxylic acids is 1. The van der Waals surface area contributed by atoms with Crippen molar-refractivity contribution >= 4 is 65.9 Å². The summed E-state index contributed by atoms with van der Waals surface area (Å²) in [6, 6.07) is 19.6. The van der Waals surface area contributed by atoms with Crippen LogP contribution in [-0.2, 0) is 25.6 Å². The van der Waals surface area contributed by atoms with Crippen LogP contribution in [0.15, 0.2) is 101 Å². The van der Waals surface area contributed by atoms with E-state index in [2.05, 4.69) is 43.0 Å². The number of halogens is 1. The van der Waals surface area contributed by atoms with Crippen LogP contribution >= 0.6 is 15.9 Å². The van der Waals surface area contributed by atoms with Gasteiger partial charge >= 0.3 is 0 Å². The van der Waals surface area contributed by atoms with Crippen LogP contribution in [-0.4, -0.2) is 81.7 Å². The highest BCUT2D eigenvalue weighted by Crippen LogP contribution is 2.38. The molecule has 0 aliphatic heterocycles. The lowest BCUT2D eigenvalue weighted by Gasteiger charge is -2.26. The van der Waals surface area contributed by atoms with Crippen LogP contribution < -0.4 is 20.3 Å². The van der Waals surface area contributed by atoms with Crippen molar-refractivity contribution in [2.75, 3.05) is 63.5 Å². The molecule has 0 aliphatic rings. The van der Waals surface area contributed by atoms with Gasteiger partial charge in [-0.05, 0) is 62.6 Å². The van der Waals surface area contributed by atoms with Gasteiger partial charge in [0.15, 0.2) is 0 Å². The first-order valence-corrected chi connectivity index (χ1v) is 17.5. The highest BCUT2D eigenvalue weighted by atomic mass is 79.9. The minimum atomic E-state index is -3.92. The van der Waals surface area contributed by atoms with Crippen molar-refractivity contribution < 1.29 is 22.1 Å². The molecule has 0 saturated carbocycles. The van der Waals surface area contributed by atoms with Crippen molar-refractivity contribution in [1.29, 1.82) is 0 Å². The van der Waals surface area contributed by atoms with Crippen LogP contribution in [0.1, 0.15) is 0 Å². The molecule has 0 saturated heterocycles. The molecule has 0 unspecified atom stereocenters. The Hall–Kier alpha value is -4.76. The Kier molecular flexibility index (Phi) is 11.3. The zero-order valence-corrected chi connectivity index (χ0v) is 30.1. The number of aromatic nitrogens is 3. The summed E-state index contributed by atoms with van der Waals surface area (Å²) in [6.07, 6.45) is 4.80. The van der Waals surface area contributed by atoms with Crippen molar-refractivity contribution in [1.82, 2.24) is 19.4 Å². The molecule has 1 amide bonds. The molecule has 0 atom stereocenters. The number of anilines is 4. The summed E-state index contributed by atoms with van der Waals surface area (Å²) in [5.74, 6) is 0.502. The van der Waals surface area contributed by atoms with Crippen LogP contribution in [0.5, 0.6) is 5.75 Å². The third-order valence-corrected chi connectivity index (χ3v) is 9.55. The molecule has 14 heteroatoms. The highest BCUT2D eigenvalue weighted by molar-refractivity contribution is 9.10. The Morgan fingerprint density at radius 2 is 1.80 bits per heavy atom. The molecular weight excluding hydrogens is 710 g/mol. The summed E-state index contributed by atoms with van der Waals surface area (Å²) in [5.41, 5.74) is 4.27. The number of carbonyl (C=O) groups is 1. The van der Waals surface area contributed by atoms with E-state index in [-0.39, 0.29) is 24.0 Å². The van der Waals surface area contributed by atoms with Crippen LogP contribution in [0.3, 0.4) is 0 Å².